The molecule has 170 valence electrons. The fraction of sp³-hybridized carbons (Fsp3) is 0.400. The van der Waals surface area contributed by atoms with E-state index in [1.807, 2.05) is 36.4 Å². The van der Waals surface area contributed by atoms with E-state index in [2.05, 4.69) is 22.8 Å². The third kappa shape index (κ3) is 5.28. The second-order valence-electron chi connectivity index (χ2n) is 9.14. The fourth-order valence-corrected chi connectivity index (χ4v) is 4.09. The molecule has 3 rings (SSSR count). The van der Waals surface area contributed by atoms with E-state index in [0.29, 0.717) is 0 Å². The zero-order chi connectivity index (χ0) is 23.5. The molecular weight excluding hydrogens is 408 g/mol. The van der Waals surface area contributed by atoms with Gasteiger partial charge in [0.05, 0.1) is 0 Å². The van der Waals surface area contributed by atoms with Gasteiger partial charge in [0, 0.05) is 17.9 Å². The molecular formula is C25H30N2O5. The summed E-state index contributed by atoms with van der Waals surface area (Å²) in [5.41, 5.74) is 3.62. The molecule has 0 saturated heterocycles. The van der Waals surface area contributed by atoms with Gasteiger partial charge >= 0.3 is 12.1 Å². The SMILES string of the molecule is CC(C)[C@@H](NC(=O)CC(C)(C)NC(=O)OCC1c2ccccc2-c2ccccc21)C(=O)O. The van der Waals surface area contributed by atoms with E-state index in [0.717, 1.165) is 22.3 Å². The Bertz CT molecular complexity index is 969. The average Bonchev–Trinajstić information content (AvgIpc) is 3.03. The van der Waals surface area contributed by atoms with Gasteiger partial charge in [-0.15, -0.1) is 0 Å². The van der Waals surface area contributed by atoms with Crippen LogP contribution in [0.4, 0.5) is 4.79 Å². The quantitative estimate of drug-likeness (QED) is 0.579. The molecule has 0 fully saturated rings. The number of alkyl carbamates (subject to hydrolysis) is 1. The van der Waals surface area contributed by atoms with Crippen molar-refractivity contribution in [3.8, 4) is 11.1 Å². The van der Waals surface area contributed by atoms with E-state index >= 15 is 0 Å². The topological polar surface area (TPSA) is 105 Å². The number of amides is 2. The van der Waals surface area contributed by atoms with Crippen LogP contribution in [0.5, 0.6) is 0 Å². The number of hydrogen-bond donors (Lipinski definition) is 3. The monoisotopic (exact) mass is 438 g/mol. The second-order valence-corrected chi connectivity index (χ2v) is 9.14. The molecule has 2 aromatic rings. The first-order chi connectivity index (χ1) is 15.1. The zero-order valence-corrected chi connectivity index (χ0v) is 18.8. The van der Waals surface area contributed by atoms with Gasteiger partial charge in [-0.3, -0.25) is 4.79 Å². The van der Waals surface area contributed by atoms with Crippen molar-refractivity contribution in [2.24, 2.45) is 5.92 Å². The Hall–Kier alpha value is -3.35. The number of carboxylic acid groups (broad SMARTS) is 1. The number of nitrogens with one attached hydrogen (secondary N) is 2. The van der Waals surface area contributed by atoms with Gasteiger partial charge in [0.25, 0.3) is 0 Å². The number of carboxylic acids is 1. The van der Waals surface area contributed by atoms with E-state index in [1.165, 1.54) is 0 Å². The van der Waals surface area contributed by atoms with Crippen molar-refractivity contribution in [1.82, 2.24) is 10.6 Å². The van der Waals surface area contributed by atoms with E-state index in [9.17, 15) is 19.5 Å². The summed E-state index contributed by atoms with van der Waals surface area (Å²) in [4.78, 5) is 36.1. The molecule has 0 saturated carbocycles. The number of benzene rings is 2. The van der Waals surface area contributed by atoms with Crippen molar-refractivity contribution in [3.05, 3.63) is 59.7 Å². The first kappa shape index (κ1) is 23.3. The predicted octanol–water partition coefficient (Wildman–Crippen LogP) is 3.92. The van der Waals surface area contributed by atoms with Crippen molar-refractivity contribution in [3.63, 3.8) is 0 Å². The average molecular weight is 439 g/mol. The highest BCUT2D eigenvalue weighted by atomic mass is 16.5. The number of fused-ring (bicyclic) bond motifs is 3. The predicted molar refractivity (Wildman–Crippen MR) is 121 cm³/mol. The summed E-state index contributed by atoms with van der Waals surface area (Å²) in [7, 11) is 0. The van der Waals surface area contributed by atoms with Crippen molar-refractivity contribution >= 4 is 18.0 Å². The van der Waals surface area contributed by atoms with Crippen molar-refractivity contribution < 1.29 is 24.2 Å². The molecule has 7 nitrogen and oxygen atoms in total. The summed E-state index contributed by atoms with van der Waals surface area (Å²) in [6, 6.07) is 15.2. The first-order valence-electron chi connectivity index (χ1n) is 10.7. The van der Waals surface area contributed by atoms with Crippen molar-refractivity contribution in [2.45, 2.75) is 51.6 Å². The molecule has 1 aliphatic carbocycles. The van der Waals surface area contributed by atoms with E-state index < -0.39 is 29.6 Å². The molecule has 0 heterocycles. The standard InChI is InChI=1S/C25H30N2O5/c1-15(2)22(23(29)30)26-21(28)13-25(3,4)27-24(31)32-14-20-18-11-7-5-9-16(18)17-10-6-8-12-19(17)20/h5-12,15,20,22H,13-14H2,1-4H3,(H,26,28)(H,27,31)(H,29,30)/t22-/m1/s1. The number of carbonyl (C=O) groups is 3. The van der Waals surface area contributed by atoms with Crippen LogP contribution in [0.25, 0.3) is 11.1 Å². The molecule has 0 spiro atoms. The Morgan fingerprint density at radius 3 is 2.03 bits per heavy atom. The smallest absolute Gasteiger partial charge is 0.407 e. The van der Waals surface area contributed by atoms with Crippen LogP contribution in [0.3, 0.4) is 0 Å². The van der Waals surface area contributed by atoms with Crippen LogP contribution in [0.15, 0.2) is 48.5 Å². The summed E-state index contributed by atoms with van der Waals surface area (Å²) in [6.45, 7) is 7.01. The number of carbonyl (C=O) groups excluding carboxylic acids is 2. The molecule has 0 unspecified atom stereocenters. The molecule has 0 aromatic heterocycles. The zero-order valence-electron chi connectivity index (χ0n) is 18.8. The Labute approximate surface area is 188 Å². The molecule has 2 aromatic carbocycles. The summed E-state index contributed by atoms with van der Waals surface area (Å²) in [5, 5.41) is 14.5. The van der Waals surface area contributed by atoms with Gasteiger partial charge in [0.1, 0.15) is 12.6 Å². The Morgan fingerprint density at radius 1 is 1.00 bits per heavy atom. The van der Waals surface area contributed by atoms with E-state index in [1.54, 1.807) is 27.7 Å². The highest BCUT2D eigenvalue weighted by Gasteiger charge is 2.31. The minimum Gasteiger partial charge on any atom is -0.480 e. The van der Waals surface area contributed by atoms with Gasteiger partial charge in [-0.2, -0.15) is 0 Å². The Kier molecular flexibility index (Phi) is 6.87. The normalized spacial score (nSPS) is 13.8. The van der Waals surface area contributed by atoms with Gasteiger partial charge in [-0.25, -0.2) is 9.59 Å². The molecule has 3 N–H and O–H groups in total. The lowest BCUT2D eigenvalue weighted by atomic mass is 9.98. The number of ether oxygens (including phenoxy) is 1. The van der Waals surface area contributed by atoms with Gasteiger partial charge in [0.15, 0.2) is 0 Å². The van der Waals surface area contributed by atoms with Crippen molar-refractivity contribution in [2.75, 3.05) is 6.61 Å². The van der Waals surface area contributed by atoms with Gasteiger partial charge < -0.3 is 20.5 Å². The molecule has 0 aliphatic heterocycles. The van der Waals surface area contributed by atoms with Gasteiger partial charge in [-0.1, -0.05) is 62.4 Å². The number of aliphatic carboxylic acids is 1. The molecule has 1 atom stereocenters. The summed E-state index contributed by atoms with van der Waals surface area (Å²) in [6.07, 6.45) is -0.698. The molecule has 2 amide bonds. The van der Waals surface area contributed by atoms with Crippen LogP contribution in [-0.4, -0.2) is 41.3 Å². The first-order valence-corrected chi connectivity index (χ1v) is 10.7. The van der Waals surface area contributed by atoms with Crippen LogP contribution in [0.2, 0.25) is 0 Å². The van der Waals surface area contributed by atoms with Crippen LogP contribution in [0, 0.1) is 5.92 Å². The fourth-order valence-electron chi connectivity index (χ4n) is 4.09. The third-order valence-electron chi connectivity index (χ3n) is 5.64. The van der Waals surface area contributed by atoms with E-state index in [-0.39, 0.29) is 24.9 Å². The minimum atomic E-state index is -1.09. The minimum absolute atomic E-state index is 0.0538. The molecule has 0 radical (unpaired) electrons. The van der Waals surface area contributed by atoms with Gasteiger partial charge in [-0.05, 0) is 42.0 Å². The number of rotatable bonds is 8. The largest absolute Gasteiger partial charge is 0.480 e. The van der Waals surface area contributed by atoms with Crippen LogP contribution >= 0.6 is 0 Å². The maximum Gasteiger partial charge on any atom is 0.407 e. The summed E-state index contributed by atoms with van der Waals surface area (Å²) >= 11 is 0. The van der Waals surface area contributed by atoms with Crippen LogP contribution < -0.4 is 10.6 Å². The Morgan fingerprint density at radius 2 is 1.53 bits per heavy atom. The molecule has 0 bridgehead atoms. The lowest BCUT2D eigenvalue weighted by Crippen LogP contribution is -2.50. The maximum atomic E-state index is 12.5. The van der Waals surface area contributed by atoms with Crippen LogP contribution in [0.1, 0.15) is 51.2 Å². The molecule has 1 aliphatic rings. The van der Waals surface area contributed by atoms with Gasteiger partial charge in [0.2, 0.25) is 5.91 Å². The molecule has 7 heteroatoms. The summed E-state index contributed by atoms with van der Waals surface area (Å²) in [5.74, 6) is -1.85. The lowest BCUT2D eigenvalue weighted by molar-refractivity contribution is -0.143. The maximum absolute atomic E-state index is 12.5. The number of hydrogen-bond acceptors (Lipinski definition) is 4. The molecule has 32 heavy (non-hydrogen) atoms. The van der Waals surface area contributed by atoms with Crippen LogP contribution in [-0.2, 0) is 14.3 Å². The highest BCUT2D eigenvalue weighted by molar-refractivity contribution is 5.85. The van der Waals surface area contributed by atoms with Crippen molar-refractivity contribution in [1.29, 1.82) is 0 Å². The Balaban J connectivity index is 1.59. The summed E-state index contributed by atoms with van der Waals surface area (Å²) < 4.78 is 5.54. The highest BCUT2D eigenvalue weighted by Crippen LogP contribution is 2.44. The lowest BCUT2D eigenvalue weighted by Gasteiger charge is -2.27. The third-order valence-corrected chi connectivity index (χ3v) is 5.64. The second kappa shape index (κ2) is 9.42. The van der Waals surface area contributed by atoms with E-state index in [4.69, 9.17) is 4.74 Å².